The molecule has 0 aromatic carbocycles. The highest BCUT2D eigenvalue weighted by molar-refractivity contribution is 14.1. The predicted molar refractivity (Wildman–Crippen MR) is 54.1 cm³/mol. The fourth-order valence-electron chi connectivity index (χ4n) is 1.39. The smallest absolute Gasteiger partial charge is 0.267 e. The van der Waals surface area contributed by atoms with E-state index in [-0.39, 0.29) is 5.91 Å². The van der Waals surface area contributed by atoms with Crippen molar-refractivity contribution >= 4 is 28.5 Å². The molecule has 1 amide bonds. The molecule has 0 fully saturated rings. The summed E-state index contributed by atoms with van der Waals surface area (Å²) in [5, 5.41) is 2.85. The van der Waals surface area contributed by atoms with Gasteiger partial charge >= 0.3 is 0 Å². The number of nitrogens with one attached hydrogen (secondary N) is 1. The molecule has 0 saturated carbocycles. The highest BCUT2D eigenvalue weighted by atomic mass is 127. The Labute approximate surface area is 84.3 Å². The first-order valence-corrected chi connectivity index (χ1v) is 4.99. The number of carbonyl (C=O) groups excluding carboxylic acids is 1. The lowest BCUT2D eigenvalue weighted by molar-refractivity contribution is 0.0951. The molecule has 0 bridgehead atoms. The molecule has 2 rings (SSSR count). The van der Waals surface area contributed by atoms with Crippen LogP contribution >= 0.6 is 22.6 Å². The lowest BCUT2D eigenvalue weighted by Gasteiger charge is -1.99. The van der Waals surface area contributed by atoms with Crippen molar-refractivity contribution in [2.45, 2.75) is 13.0 Å². The minimum atomic E-state index is 0.0513. The van der Waals surface area contributed by atoms with Crippen LogP contribution in [0.1, 0.15) is 16.9 Å². The number of amides is 1. The van der Waals surface area contributed by atoms with Crippen LogP contribution in [0.3, 0.4) is 0 Å². The highest BCUT2D eigenvalue weighted by Gasteiger charge is 2.14. The molecule has 64 valence electrons. The number of fused-ring (bicyclic) bond motifs is 1. The third-order valence-corrected chi connectivity index (χ3v) is 2.55. The van der Waals surface area contributed by atoms with Crippen LogP contribution in [0.15, 0.2) is 12.3 Å². The second-order valence-electron chi connectivity index (χ2n) is 2.85. The molecule has 12 heavy (non-hydrogen) atoms. The van der Waals surface area contributed by atoms with Gasteiger partial charge in [0, 0.05) is 22.9 Å². The van der Waals surface area contributed by atoms with Crippen LogP contribution < -0.4 is 5.32 Å². The molecule has 0 unspecified atom stereocenters. The molecular formula is C8H9IN2O. The number of aryl methyl sites for hydroxylation is 1. The van der Waals surface area contributed by atoms with E-state index in [1.807, 2.05) is 16.8 Å². The van der Waals surface area contributed by atoms with E-state index < -0.39 is 0 Å². The van der Waals surface area contributed by atoms with Gasteiger partial charge in [0.25, 0.3) is 5.91 Å². The molecule has 0 radical (unpaired) electrons. The SMILES string of the molecule is O=C1NCCCn2cc(I)cc21. The normalized spacial score (nSPS) is 16.6. The van der Waals surface area contributed by atoms with Gasteiger partial charge in [0.2, 0.25) is 0 Å². The van der Waals surface area contributed by atoms with E-state index in [0.717, 1.165) is 28.8 Å². The second kappa shape index (κ2) is 3.08. The summed E-state index contributed by atoms with van der Waals surface area (Å²) in [5.74, 6) is 0.0513. The third-order valence-electron chi connectivity index (χ3n) is 1.96. The maximum absolute atomic E-state index is 11.4. The van der Waals surface area contributed by atoms with Crippen LogP contribution in [0.4, 0.5) is 0 Å². The lowest BCUT2D eigenvalue weighted by atomic mass is 10.4. The summed E-state index contributed by atoms with van der Waals surface area (Å²) in [7, 11) is 0. The fraction of sp³-hybridized carbons (Fsp3) is 0.375. The predicted octanol–water partition coefficient (Wildman–Crippen LogP) is 1.23. The van der Waals surface area contributed by atoms with Crippen molar-refractivity contribution in [1.29, 1.82) is 0 Å². The highest BCUT2D eigenvalue weighted by Crippen LogP contribution is 2.13. The van der Waals surface area contributed by atoms with Crippen LogP contribution in [0.5, 0.6) is 0 Å². The number of hydrogen-bond acceptors (Lipinski definition) is 1. The summed E-state index contributed by atoms with van der Waals surface area (Å²) >= 11 is 2.22. The van der Waals surface area contributed by atoms with E-state index in [9.17, 15) is 4.79 Å². The molecule has 0 aliphatic carbocycles. The second-order valence-corrected chi connectivity index (χ2v) is 4.09. The first-order valence-electron chi connectivity index (χ1n) is 3.91. The summed E-state index contributed by atoms with van der Waals surface area (Å²) in [6.07, 6.45) is 3.03. The topological polar surface area (TPSA) is 34.0 Å². The molecule has 1 aromatic rings. The Morgan fingerprint density at radius 3 is 3.25 bits per heavy atom. The van der Waals surface area contributed by atoms with Gasteiger partial charge in [-0.25, -0.2) is 0 Å². The molecule has 0 atom stereocenters. The van der Waals surface area contributed by atoms with Gasteiger partial charge in [0.15, 0.2) is 0 Å². The fourth-order valence-corrected chi connectivity index (χ4v) is 2.02. The van der Waals surface area contributed by atoms with Crippen LogP contribution in [-0.4, -0.2) is 17.0 Å². The minimum Gasteiger partial charge on any atom is -0.351 e. The summed E-state index contributed by atoms with van der Waals surface area (Å²) < 4.78 is 3.14. The quantitative estimate of drug-likeness (QED) is 0.710. The third kappa shape index (κ3) is 1.35. The average Bonchev–Trinajstić information content (AvgIpc) is 2.33. The van der Waals surface area contributed by atoms with Crippen LogP contribution in [0, 0.1) is 3.57 Å². The lowest BCUT2D eigenvalue weighted by Crippen LogP contribution is -2.22. The van der Waals surface area contributed by atoms with Gasteiger partial charge in [-0.05, 0) is 35.1 Å². The Morgan fingerprint density at radius 2 is 2.42 bits per heavy atom. The summed E-state index contributed by atoms with van der Waals surface area (Å²) in [6, 6.07) is 1.92. The molecule has 2 heterocycles. The van der Waals surface area contributed by atoms with Crippen molar-refractivity contribution in [3.63, 3.8) is 0 Å². The van der Waals surface area contributed by atoms with Crippen molar-refractivity contribution in [2.24, 2.45) is 0 Å². The Kier molecular flexibility index (Phi) is 2.08. The number of nitrogens with zero attached hydrogens (tertiary/aromatic N) is 1. The molecule has 1 N–H and O–H groups in total. The Hall–Kier alpha value is -0.520. The maximum atomic E-state index is 11.4. The molecule has 1 aliphatic rings. The van der Waals surface area contributed by atoms with Crippen molar-refractivity contribution < 1.29 is 4.79 Å². The monoisotopic (exact) mass is 276 g/mol. The van der Waals surface area contributed by atoms with Gasteiger partial charge in [-0.2, -0.15) is 0 Å². The maximum Gasteiger partial charge on any atom is 0.267 e. The Morgan fingerprint density at radius 1 is 1.58 bits per heavy atom. The van der Waals surface area contributed by atoms with Crippen molar-refractivity contribution in [2.75, 3.05) is 6.54 Å². The van der Waals surface area contributed by atoms with Gasteiger partial charge in [0.1, 0.15) is 5.69 Å². The molecular weight excluding hydrogens is 267 g/mol. The first-order chi connectivity index (χ1) is 5.77. The molecule has 3 nitrogen and oxygen atoms in total. The van der Waals surface area contributed by atoms with Gasteiger partial charge in [-0.1, -0.05) is 0 Å². The minimum absolute atomic E-state index is 0.0513. The Bertz CT molecular complexity index is 319. The standard InChI is InChI=1S/C8H9IN2O/c9-6-4-7-8(12)10-2-1-3-11(7)5-6/h4-5H,1-3H2,(H,10,12). The Balaban J connectivity index is 2.44. The van der Waals surface area contributed by atoms with Gasteiger partial charge in [-0.3, -0.25) is 4.79 Å². The number of hydrogen-bond donors (Lipinski definition) is 1. The van der Waals surface area contributed by atoms with Crippen LogP contribution in [0.25, 0.3) is 0 Å². The number of halogens is 1. The first kappa shape index (κ1) is 8.10. The average molecular weight is 276 g/mol. The molecule has 4 heteroatoms. The molecule has 1 aromatic heterocycles. The zero-order chi connectivity index (χ0) is 8.55. The van der Waals surface area contributed by atoms with Crippen LogP contribution in [-0.2, 0) is 6.54 Å². The largest absolute Gasteiger partial charge is 0.351 e. The molecule has 1 aliphatic heterocycles. The van der Waals surface area contributed by atoms with Gasteiger partial charge < -0.3 is 9.88 Å². The number of rotatable bonds is 0. The molecule has 0 spiro atoms. The number of aromatic nitrogens is 1. The number of carbonyl (C=O) groups is 1. The van der Waals surface area contributed by atoms with E-state index in [1.165, 1.54) is 0 Å². The van der Waals surface area contributed by atoms with E-state index in [1.54, 1.807) is 0 Å². The van der Waals surface area contributed by atoms with E-state index >= 15 is 0 Å². The zero-order valence-electron chi connectivity index (χ0n) is 6.51. The van der Waals surface area contributed by atoms with Crippen LogP contribution in [0.2, 0.25) is 0 Å². The van der Waals surface area contributed by atoms with E-state index in [2.05, 4.69) is 27.9 Å². The van der Waals surface area contributed by atoms with E-state index in [4.69, 9.17) is 0 Å². The van der Waals surface area contributed by atoms with Gasteiger partial charge in [-0.15, -0.1) is 0 Å². The van der Waals surface area contributed by atoms with E-state index in [0.29, 0.717) is 0 Å². The summed E-state index contributed by atoms with van der Waals surface area (Å²) in [4.78, 5) is 11.4. The summed E-state index contributed by atoms with van der Waals surface area (Å²) in [5.41, 5.74) is 0.789. The zero-order valence-corrected chi connectivity index (χ0v) is 8.67. The molecule has 0 saturated heterocycles. The van der Waals surface area contributed by atoms with Crippen molar-refractivity contribution in [1.82, 2.24) is 9.88 Å². The summed E-state index contributed by atoms with van der Waals surface area (Å²) in [6.45, 7) is 1.73. The van der Waals surface area contributed by atoms with Gasteiger partial charge in [0.05, 0.1) is 0 Å². The van der Waals surface area contributed by atoms with Crippen molar-refractivity contribution in [3.8, 4) is 0 Å². The van der Waals surface area contributed by atoms with Crippen molar-refractivity contribution in [3.05, 3.63) is 21.5 Å².